The molecule has 3 rings (SSSR count). The Hall–Kier alpha value is -1.43. The van der Waals surface area contributed by atoms with E-state index in [4.69, 9.17) is 0 Å². The minimum Gasteiger partial charge on any atom is -0.261 e. The zero-order valence-corrected chi connectivity index (χ0v) is 11.3. The van der Waals surface area contributed by atoms with Gasteiger partial charge in [0.25, 0.3) is 5.69 Å². The first-order chi connectivity index (χ1) is 8.66. The second-order valence-electron chi connectivity index (χ2n) is 4.63. The first-order valence-electron chi connectivity index (χ1n) is 5.99. The van der Waals surface area contributed by atoms with E-state index in [9.17, 15) is 10.1 Å². The summed E-state index contributed by atoms with van der Waals surface area (Å²) < 4.78 is 2.70. The van der Waals surface area contributed by atoms with Gasteiger partial charge in [-0.2, -0.15) is 5.10 Å². The molecule has 0 N–H and O–H groups in total. The van der Waals surface area contributed by atoms with E-state index in [0.717, 1.165) is 23.7 Å². The maximum Gasteiger partial charge on any atom is 0.270 e. The highest BCUT2D eigenvalue weighted by Crippen LogP contribution is 2.35. The molecule has 6 heteroatoms. The van der Waals surface area contributed by atoms with Crippen LogP contribution < -0.4 is 0 Å². The predicted molar refractivity (Wildman–Crippen MR) is 71.6 cm³/mol. The van der Waals surface area contributed by atoms with Crippen molar-refractivity contribution in [3.63, 3.8) is 0 Å². The second-order valence-corrected chi connectivity index (χ2v) is 5.38. The van der Waals surface area contributed by atoms with E-state index in [0.29, 0.717) is 10.6 Å². The van der Waals surface area contributed by atoms with Gasteiger partial charge in [-0.05, 0) is 34.8 Å². The number of hydrogen-bond acceptors (Lipinski definition) is 3. The van der Waals surface area contributed by atoms with Crippen LogP contribution in [0.5, 0.6) is 0 Å². The molecule has 0 spiro atoms. The molecule has 0 amide bonds. The number of benzene rings is 1. The van der Waals surface area contributed by atoms with Gasteiger partial charge in [0, 0.05) is 17.5 Å². The lowest BCUT2D eigenvalue weighted by molar-refractivity contribution is -0.384. The number of nitrogens with zero attached hydrogens (tertiary/aromatic N) is 3. The van der Waals surface area contributed by atoms with Crippen LogP contribution in [0.3, 0.4) is 0 Å². The monoisotopic (exact) mass is 309 g/mol. The summed E-state index contributed by atoms with van der Waals surface area (Å²) in [7, 11) is 0. The lowest BCUT2D eigenvalue weighted by Crippen LogP contribution is -2.06. The molecule has 18 heavy (non-hydrogen) atoms. The molecule has 0 unspecified atom stereocenters. The highest BCUT2D eigenvalue weighted by molar-refractivity contribution is 9.10. The van der Waals surface area contributed by atoms with E-state index < -0.39 is 0 Å². The number of nitro benzene ring substituents is 1. The Balaban J connectivity index is 2.14. The molecule has 0 atom stereocenters. The SMILES string of the molecule is O=[N+]([O-])c1ccc2c(c1)c(Br)nn2C1CCCC1. The van der Waals surface area contributed by atoms with Gasteiger partial charge in [-0.15, -0.1) is 0 Å². The molecule has 0 aliphatic heterocycles. The second kappa shape index (κ2) is 4.35. The van der Waals surface area contributed by atoms with Crippen LogP contribution >= 0.6 is 15.9 Å². The van der Waals surface area contributed by atoms with Crippen molar-refractivity contribution in [3.05, 3.63) is 32.9 Å². The zero-order chi connectivity index (χ0) is 12.7. The number of aromatic nitrogens is 2. The Kier molecular flexibility index (Phi) is 2.81. The van der Waals surface area contributed by atoms with Crippen molar-refractivity contribution >= 4 is 32.5 Å². The van der Waals surface area contributed by atoms with Crippen molar-refractivity contribution in [2.75, 3.05) is 0 Å². The summed E-state index contributed by atoms with van der Waals surface area (Å²) in [5.41, 5.74) is 1.08. The minimum atomic E-state index is -0.376. The van der Waals surface area contributed by atoms with E-state index in [1.807, 2.05) is 4.68 Å². The van der Waals surface area contributed by atoms with Gasteiger partial charge in [0.2, 0.25) is 0 Å². The van der Waals surface area contributed by atoms with Crippen LogP contribution in [-0.4, -0.2) is 14.7 Å². The van der Waals surface area contributed by atoms with Gasteiger partial charge < -0.3 is 0 Å². The van der Waals surface area contributed by atoms with Crippen LogP contribution in [0.2, 0.25) is 0 Å². The lowest BCUT2D eigenvalue weighted by Gasteiger charge is -2.10. The molecular formula is C12H12BrN3O2. The third-order valence-corrected chi connectivity index (χ3v) is 4.11. The van der Waals surface area contributed by atoms with Crippen molar-refractivity contribution in [1.29, 1.82) is 0 Å². The molecule has 1 fully saturated rings. The molecule has 2 aromatic rings. The Labute approximate surface area is 112 Å². The van der Waals surface area contributed by atoms with Crippen molar-refractivity contribution in [1.82, 2.24) is 9.78 Å². The first kappa shape index (κ1) is 11.6. The number of halogens is 1. The fourth-order valence-electron chi connectivity index (χ4n) is 2.63. The van der Waals surface area contributed by atoms with Crippen molar-refractivity contribution < 1.29 is 4.92 Å². The maximum atomic E-state index is 10.8. The summed E-state index contributed by atoms with van der Waals surface area (Å²) in [6.45, 7) is 0. The normalized spacial score (nSPS) is 16.5. The van der Waals surface area contributed by atoms with Gasteiger partial charge in [-0.25, -0.2) is 0 Å². The minimum absolute atomic E-state index is 0.106. The van der Waals surface area contributed by atoms with Crippen LogP contribution in [0.1, 0.15) is 31.7 Å². The van der Waals surface area contributed by atoms with E-state index in [-0.39, 0.29) is 10.6 Å². The predicted octanol–water partition coefficient (Wildman–Crippen LogP) is 3.82. The first-order valence-corrected chi connectivity index (χ1v) is 6.78. The molecule has 1 aromatic heterocycles. The van der Waals surface area contributed by atoms with Crippen LogP contribution in [0.15, 0.2) is 22.8 Å². The van der Waals surface area contributed by atoms with E-state index in [1.165, 1.54) is 12.8 Å². The van der Waals surface area contributed by atoms with Gasteiger partial charge in [0.05, 0.1) is 16.5 Å². The zero-order valence-electron chi connectivity index (χ0n) is 9.67. The molecule has 0 saturated heterocycles. The van der Waals surface area contributed by atoms with Gasteiger partial charge in [-0.1, -0.05) is 12.8 Å². The third kappa shape index (κ3) is 1.80. The maximum absolute atomic E-state index is 10.8. The highest BCUT2D eigenvalue weighted by Gasteiger charge is 2.22. The van der Waals surface area contributed by atoms with Crippen LogP contribution in [0.4, 0.5) is 5.69 Å². The standard InChI is InChI=1S/C12H12BrN3O2/c13-12-10-7-9(16(17)18)5-6-11(10)15(14-12)8-3-1-2-4-8/h5-8H,1-4H2. The van der Waals surface area contributed by atoms with Gasteiger partial charge >= 0.3 is 0 Å². The Morgan fingerprint density at radius 1 is 1.39 bits per heavy atom. The number of hydrogen-bond donors (Lipinski definition) is 0. The summed E-state index contributed by atoms with van der Waals surface area (Å²) >= 11 is 3.39. The topological polar surface area (TPSA) is 61.0 Å². The molecule has 1 saturated carbocycles. The molecule has 5 nitrogen and oxygen atoms in total. The number of fused-ring (bicyclic) bond motifs is 1. The Bertz CT molecular complexity index is 617. The molecule has 1 aromatic carbocycles. The van der Waals surface area contributed by atoms with E-state index >= 15 is 0 Å². The van der Waals surface area contributed by atoms with Crippen molar-refractivity contribution in [2.45, 2.75) is 31.7 Å². The number of nitro groups is 1. The van der Waals surface area contributed by atoms with E-state index in [1.54, 1.807) is 18.2 Å². The lowest BCUT2D eigenvalue weighted by atomic mass is 10.2. The summed E-state index contributed by atoms with van der Waals surface area (Å²) in [4.78, 5) is 10.4. The van der Waals surface area contributed by atoms with E-state index in [2.05, 4.69) is 21.0 Å². The molecule has 0 bridgehead atoms. The average molecular weight is 310 g/mol. The number of rotatable bonds is 2. The fourth-order valence-corrected chi connectivity index (χ4v) is 3.12. The highest BCUT2D eigenvalue weighted by atomic mass is 79.9. The molecular weight excluding hydrogens is 298 g/mol. The fraction of sp³-hybridized carbons (Fsp3) is 0.417. The third-order valence-electron chi connectivity index (χ3n) is 3.53. The van der Waals surface area contributed by atoms with Crippen molar-refractivity contribution in [3.8, 4) is 0 Å². The molecule has 0 radical (unpaired) electrons. The Morgan fingerprint density at radius 2 is 2.11 bits per heavy atom. The molecule has 1 aliphatic carbocycles. The van der Waals surface area contributed by atoms with Crippen molar-refractivity contribution in [2.24, 2.45) is 0 Å². The van der Waals surface area contributed by atoms with Crippen LogP contribution in [-0.2, 0) is 0 Å². The largest absolute Gasteiger partial charge is 0.270 e. The van der Waals surface area contributed by atoms with Gasteiger partial charge in [-0.3, -0.25) is 14.8 Å². The van der Waals surface area contributed by atoms with Crippen LogP contribution in [0, 0.1) is 10.1 Å². The summed E-state index contributed by atoms with van der Waals surface area (Å²) in [6, 6.07) is 5.35. The quantitative estimate of drug-likeness (QED) is 0.626. The van der Waals surface area contributed by atoms with Gasteiger partial charge in [0.15, 0.2) is 0 Å². The smallest absolute Gasteiger partial charge is 0.261 e. The molecule has 1 aliphatic rings. The summed E-state index contributed by atoms with van der Waals surface area (Å²) in [6.07, 6.45) is 4.74. The summed E-state index contributed by atoms with van der Waals surface area (Å²) in [5.74, 6) is 0. The van der Waals surface area contributed by atoms with Crippen LogP contribution in [0.25, 0.3) is 10.9 Å². The molecule has 94 valence electrons. The number of non-ortho nitro benzene ring substituents is 1. The average Bonchev–Trinajstić information content (AvgIpc) is 2.97. The summed E-state index contributed by atoms with van der Waals surface area (Å²) in [5, 5.41) is 16.1. The molecule has 1 heterocycles. The Morgan fingerprint density at radius 3 is 2.78 bits per heavy atom. The van der Waals surface area contributed by atoms with Gasteiger partial charge in [0.1, 0.15) is 4.60 Å².